The average Bonchev–Trinajstić information content (AvgIpc) is 2.37. The third-order valence-electron chi connectivity index (χ3n) is 3.81. The predicted octanol–water partition coefficient (Wildman–Crippen LogP) is 0.678. The van der Waals surface area contributed by atoms with Gasteiger partial charge < -0.3 is 10.8 Å². The molecule has 0 spiro atoms. The first kappa shape index (κ1) is 15.4. The number of benzene rings is 1. The third kappa shape index (κ3) is 3.79. The molecule has 0 unspecified atom stereocenters. The van der Waals surface area contributed by atoms with Gasteiger partial charge in [-0.3, -0.25) is 0 Å². The lowest BCUT2D eigenvalue weighted by Crippen LogP contribution is -2.39. The van der Waals surface area contributed by atoms with Crippen molar-refractivity contribution in [2.75, 3.05) is 13.6 Å². The van der Waals surface area contributed by atoms with Gasteiger partial charge in [0.05, 0.1) is 11.9 Å². The minimum absolute atomic E-state index is 0.00360. The van der Waals surface area contributed by atoms with E-state index in [0.29, 0.717) is 25.9 Å². The van der Waals surface area contributed by atoms with E-state index in [1.165, 1.54) is 4.31 Å². The highest BCUT2D eigenvalue weighted by Crippen LogP contribution is 2.28. The van der Waals surface area contributed by atoms with Crippen LogP contribution in [-0.2, 0) is 22.3 Å². The van der Waals surface area contributed by atoms with Gasteiger partial charge in [0.15, 0.2) is 0 Å². The molecule has 1 aliphatic rings. The number of nitrogens with zero attached hydrogens (tertiary/aromatic N) is 1. The first-order chi connectivity index (χ1) is 9.40. The molecule has 20 heavy (non-hydrogen) atoms. The molecule has 0 radical (unpaired) electrons. The van der Waals surface area contributed by atoms with Gasteiger partial charge in [0.2, 0.25) is 10.0 Å². The Kier molecular flexibility index (Phi) is 4.80. The van der Waals surface area contributed by atoms with Crippen LogP contribution in [0.25, 0.3) is 0 Å². The summed E-state index contributed by atoms with van der Waals surface area (Å²) in [6.07, 6.45) is 1.15. The predicted molar refractivity (Wildman–Crippen MR) is 78.3 cm³/mol. The van der Waals surface area contributed by atoms with E-state index in [4.69, 9.17) is 5.73 Å². The van der Waals surface area contributed by atoms with Crippen molar-refractivity contribution in [3.8, 4) is 0 Å². The van der Waals surface area contributed by atoms with Gasteiger partial charge in [-0.05, 0) is 29.9 Å². The van der Waals surface area contributed by atoms with Gasteiger partial charge in [0.25, 0.3) is 0 Å². The Hall–Kier alpha value is -0.950. The van der Waals surface area contributed by atoms with Gasteiger partial charge in [0, 0.05) is 20.1 Å². The number of nitrogens with two attached hydrogens (primary N) is 1. The molecule has 0 atom stereocenters. The van der Waals surface area contributed by atoms with Gasteiger partial charge in [-0.15, -0.1) is 0 Å². The zero-order valence-electron chi connectivity index (χ0n) is 11.7. The number of sulfonamides is 1. The summed E-state index contributed by atoms with van der Waals surface area (Å²) in [6.45, 7) is 0.942. The summed E-state index contributed by atoms with van der Waals surface area (Å²) >= 11 is 0. The van der Waals surface area contributed by atoms with Crippen LogP contribution in [0.3, 0.4) is 0 Å². The molecule has 5 nitrogen and oxygen atoms in total. The molecule has 0 bridgehead atoms. The molecule has 1 fully saturated rings. The Morgan fingerprint density at radius 3 is 2.30 bits per heavy atom. The minimum Gasteiger partial charge on any atom is -0.393 e. The van der Waals surface area contributed by atoms with E-state index >= 15 is 0 Å². The van der Waals surface area contributed by atoms with Gasteiger partial charge in [-0.25, -0.2) is 12.7 Å². The fourth-order valence-corrected chi connectivity index (χ4v) is 3.69. The molecule has 0 aliphatic heterocycles. The van der Waals surface area contributed by atoms with Crippen molar-refractivity contribution in [3.63, 3.8) is 0 Å². The van der Waals surface area contributed by atoms with Gasteiger partial charge in [-0.2, -0.15) is 0 Å². The molecule has 0 saturated heterocycles. The van der Waals surface area contributed by atoms with Gasteiger partial charge >= 0.3 is 0 Å². The fourth-order valence-electron chi connectivity index (χ4n) is 2.42. The Labute approximate surface area is 120 Å². The summed E-state index contributed by atoms with van der Waals surface area (Å²) in [5, 5.41) is 9.24. The Bertz CT molecular complexity index is 536. The second kappa shape index (κ2) is 6.22. The van der Waals surface area contributed by atoms with Gasteiger partial charge in [-0.1, -0.05) is 24.3 Å². The van der Waals surface area contributed by atoms with Gasteiger partial charge in [0.1, 0.15) is 0 Å². The number of hydrogen-bond donors (Lipinski definition) is 2. The second-order valence-corrected chi connectivity index (χ2v) is 7.62. The number of aliphatic hydroxyl groups excluding tert-OH is 1. The summed E-state index contributed by atoms with van der Waals surface area (Å²) < 4.78 is 25.9. The van der Waals surface area contributed by atoms with Crippen LogP contribution in [0, 0.1) is 5.92 Å². The summed E-state index contributed by atoms with van der Waals surface area (Å²) in [7, 11) is -1.70. The molecule has 0 amide bonds. The summed E-state index contributed by atoms with van der Waals surface area (Å²) in [6, 6.07) is 7.32. The molecule has 1 saturated carbocycles. The van der Waals surface area contributed by atoms with Crippen molar-refractivity contribution < 1.29 is 13.5 Å². The van der Waals surface area contributed by atoms with E-state index in [9.17, 15) is 13.5 Å². The maximum Gasteiger partial charge on any atom is 0.218 e. The van der Waals surface area contributed by atoms with Crippen molar-refractivity contribution in [2.24, 2.45) is 11.7 Å². The normalized spacial score (nSPS) is 22.8. The molecule has 0 aromatic heterocycles. The zero-order valence-corrected chi connectivity index (χ0v) is 12.5. The molecular formula is C14H22N2O3S. The maximum atomic E-state index is 12.3. The summed E-state index contributed by atoms with van der Waals surface area (Å²) in [4.78, 5) is 0. The summed E-state index contributed by atoms with van der Waals surface area (Å²) in [5.74, 6) is 0.285. The molecular weight excluding hydrogens is 276 g/mol. The van der Waals surface area contributed by atoms with E-state index in [0.717, 1.165) is 11.1 Å². The topological polar surface area (TPSA) is 83.6 Å². The Morgan fingerprint density at radius 2 is 1.80 bits per heavy atom. The van der Waals surface area contributed by atoms with Crippen LogP contribution in [0.15, 0.2) is 24.3 Å². The van der Waals surface area contributed by atoms with Crippen LogP contribution >= 0.6 is 0 Å². The van der Waals surface area contributed by atoms with Crippen LogP contribution < -0.4 is 5.73 Å². The SMILES string of the molecule is CN(CC1CC(O)C1)S(=O)(=O)Cc1ccc(CN)cc1. The molecule has 2 rings (SSSR count). The highest BCUT2D eigenvalue weighted by Gasteiger charge is 2.31. The Morgan fingerprint density at radius 1 is 1.25 bits per heavy atom. The number of aliphatic hydroxyl groups is 1. The van der Waals surface area contributed by atoms with Crippen LogP contribution in [-0.4, -0.2) is 37.5 Å². The highest BCUT2D eigenvalue weighted by atomic mass is 32.2. The molecule has 1 aliphatic carbocycles. The van der Waals surface area contributed by atoms with Crippen molar-refractivity contribution in [1.82, 2.24) is 4.31 Å². The highest BCUT2D eigenvalue weighted by molar-refractivity contribution is 7.88. The van der Waals surface area contributed by atoms with Crippen LogP contribution in [0.4, 0.5) is 0 Å². The lowest BCUT2D eigenvalue weighted by atomic mass is 9.82. The molecule has 1 aromatic rings. The molecule has 1 aromatic carbocycles. The standard InChI is InChI=1S/C14H22N2O3S/c1-16(9-13-6-14(17)7-13)20(18,19)10-12-4-2-11(8-15)3-5-12/h2-5,13-14,17H,6-10,15H2,1H3. The van der Waals surface area contributed by atoms with Crippen molar-refractivity contribution in [1.29, 1.82) is 0 Å². The third-order valence-corrected chi connectivity index (χ3v) is 5.61. The Balaban J connectivity index is 1.94. The second-order valence-electron chi connectivity index (χ2n) is 5.55. The van der Waals surface area contributed by atoms with E-state index < -0.39 is 10.0 Å². The van der Waals surface area contributed by atoms with Crippen molar-refractivity contribution in [3.05, 3.63) is 35.4 Å². The molecule has 0 heterocycles. The number of rotatable bonds is 6. The maximum absolute atomic E-state index is 12.3. The minimum atomic E-state index is -3.30. The van der Waals surface area contributed by atoms with Crippen LogP contribution in [0.1, 0.15) is 24.0 Å². The zero-order chi connectivity index (χ0) is 14.8. The largest absolute Gasteiger partial charge is 0.393 e. The molecule has 3 N–H and O–H groups in total. The smallest absolute Gasteiger partial charge is 0.218 e. The first-order valence-electron chi connectivity index (χ1n) is 6.80. The van der Waals surface area contributed by atoms with Crippen LogP contribution in [0.5, 0.6) is 0 Å². The lowest BCUT2D eigenvalue weighted by Gasteiger charge is -2.34. The fraction of sp³-hybridized carbons (Fsp3) is 0.571. The number of hydrogen-bond acceptors (Lipinski definition) is 4. The van der Waals surface area contributed by atoms with E-state index in [2.05, 4.69) is 0 Å². The van der Waals surface area contributed by atoms with E-state index in [-0.39, 0.29) is 17.8 Å². The quantitative estimate of drug-likeness (QED) is 0.809. The van der Waals surface area contributed by atoms with Crippen LogP contribution in [0.2, 0.25) is 0 Å². The molecule has 112 valence electrons. The van der Waals surface area contributed by atoms with E-state index in [1.54, 1.807) is 19.2 Å². The monoisotopic (exact) mass is 298 g/mol. The molecule has 6 heteroatoms. The van der Waals surface area contributed by atoms with Crippen molar-refractivity contribution in [2.45, 2.75) is 31.2 Å². The van der Waals surface area contributed by atoms with Crippen molar-refractivity contribution >= 4 is 10.0 Å². The average molecular weight is 298 g/mol. The summed E-state index contributed by atoms with van der Waals surface area (Å²) in [5.41, 5.74) is 7.27. The van der Waals surface area contributed by atoms with E-state index in [1.807, 2.05) is 12.1 Å². The lowest BCUT2D eigenvalue weighted by molar-refractivity contribution is 0.0367. The first-order valence-corrected chi connectivity index (χ1v) is 8.41.